The van der Waals surface area contributed by atoms with Gasteiger partial charge in [-0.2, -0.15) is 8.42 Å². The van der Waals surface area contributed by atoms with E-state index in [-0.39, 0.29) is 27.1 Å². The number of phenolic OH excluding ortho intramolecular Hbond substituents is 1. The van der Waals surface area contributed by atoms with Crippen molar-refractivity contribution in [3.63, 3.8) is 0 Å². The summed E-state index contributed by atoms with van der Waals surface area (Å²) in [7, 11) is -4.33. The van der Waals surface area contributed by atoms with E-state index in [0.717, 1.165) is 0 Å². The van der Waals surface area contributed by atoms with Crippen LogP contribution in [0.15, 0.2) is 35.2 Å². The largest absolute Gasteiger partial charge is 0.507 e. The smallest absolute Gasteiger partial charge is 0.295 e. The lowest BCUT2D eigenvalue weighted by Crippen LogP contribution is -2.00. The molecule has 0 unspecified atom stereocenters. The van der Waals surface area contributed by atoms with Gasteiger partial charge in [0, 0.05) is 16.5 Å². The van der Waals surface area contributed by atoms with Crippen LogP contribution < -0.4 is 5.73 Å². The summed E-state index contributed by atoms with van der Waals surface area (Å²) < 4.78 is 31.2. The second-order valence-corrected chi connectivity index (χ2v) is 4.72. The maximum Gasteiger partial charge on any atom is 0.295 e. The van der Waals surface area contributed by atoms with Gasteiger partial charge in [-0.3, -0.25) is 4.55 Å². The first-order chi connectivity index (χ1) is 7.41. The third-order valence-electron chi connectivity index (χ3n) is 2.29. The molecule has 0 radical (unpaired) electrons. The Morgan fingerprint density at radius 2 is 1.81 bits per heavy atom. The quantitative estimate of drug-likeness (QED) is 0.515. The van der Waals surface area contributed by atoms with Crippen molar-refractivity contribution < 1.29 is 18.1 Å². The number of nitrogens with two attached hydrogens (primary N) is 1. The second kappa shape index (κ2) is 3.36. The predicted molar refractivity (Wildman–Crippen MR) is 59.8 cm³/mol. The van der Waals surface area contributed by atoms with E-state index in [4.69, 9.17) is 10.3 Å². The summed E-state index contributed by atoms with van der Waals surface area (Å²) in [6.45, 7) is 0. The zero-order valence-electron chi connectivity index (χ0n) is 8.08. The molecule has 2 rings (SSSR count). The van der Waals surface area contributed by atoms with Gasteiger partial charge < -0.3 is 10.8 Å². The zero-order chi connectivity index (χ0) is 11.9. The highest BCUT2D eigenvalue weighted by Gasteiger charge is 2.16. The van der Waals surface area contributed by atoms with E-state index in [2.05, 4.69) is 0 Å². The second-order valence-electron chi connectivity index (χ2n) is 3.33. The number of fused-ring (bicyclic) bond motifs is 1. The molecule has 0 saturated heterocycles. The molecule has 0 spiro atoms. The first-order valence-corrected chi connectivity index (χ1v) is 5.83. The van der Waals surface area contributed by atoms with Crippen molar-refractivity contribution in [2.75, 3.05) is 5.73 Å². The number of hydrogen-bond acceptors (Lipinski definition) is 4. The Kier molecular flexibility index (Phi) is 2.25. The molecular weight excluding hydrogens is 230 g/mol. The molecule has 0 aliphatic heterocycles. The van der Waals surface area contributed by atoms with Crippen molar-refractivity contribution in [3.05, 3.63) is 30.3 Å². The standard InChI is InChI=1S/C10H9NO4S/c11-7-4-5-9(16(13,14)15)6-2-1-3-8(12)10(6)7/h1-5,12H,11H2,(H,13,14,15). The molecule has 0 bridgehead atoms. The van der Waals surface area contributed by atoms with E-state index in [1.54, 1.807) is 0 Å². The molecule has 2 aromatic carbocycles. The van der Waals surface area contributed by atoms with Crippen LogP contribution in [0.25, 0.3) is 10.8 Å². The first-order valence-electron chi connectivity index (χ1n) is 4.39. The number of phenols is 1. The number of rotatable bonds is 1. The molecule has 6 heteroatoms. The lowest BCUT2D eigenvalue weighted by atomic mass is 10.1. The van der Waals surface area contributed by atoms with Gasteiger partial charge in [-0.05, 0) is 18.2 Å². The first kappa shape index (κ1) is 10.7. The van der Waals surface area contributed by atoms with E-state index in [0.29, 0.717) is 0 Å². The molecular formula is C10H9NO4S. The van der Waals surface area contributed by atoms with Gasteiger partial charge in [-0.15, -0.1) is 0 Å². The topological polar surface area (TPSA) is 101 Å². The van der Waals surface area contributed by atoms with Crippen molar-refractivity contribution in [2.24, 2.45) is 0 Å². The number of anilines is 1. The lowest BCUT2D eigenvalue weighted by molar-refractivity contribution is 0.481. The van der Waals surface area contributed by atoms with Crippen molar-refractivity contribution >= 4 is 26.6 Å². The normalized spacial score (nSPS) is 11.8. The van der Waals surface area contributed by atoms with Crippen LogP contribution in [0.2, 0.25) is 0 Å². The molecule has 0 aliphatic rings. The maximum absolute atomic E-state index is 11.1. The van der Waals surface area contributed by atoms with Gasteiger partial charge in [0.05, 0.1) is 0 Å². The molecule has 0 atom stereocenters. The average molecular weight is 239 g/mol. The molecule has 84 valence electrons. The van der Waals surface area contributed by atoms with E-state index < -0.39 is 10.1 Å². The number of aromatic hydroxyl groups is 1. The number of benzene rings is 2. The Morgan fingerprint density at radius 3 is 2.44 bits per heavy atom. The van der Waals surface area contributed by atoms with E-state index >= 15 is 0 Å². The Balaban J connectivity index is 3.02. The summed E-state index contributed by atoms with van der Waals surface area (Å²) in [5.41, 5.74) is 5.88. The average Bonchev–Trinajstić information content (AvgIpc) is 2.16. The highest BCUT2D eigenvalue weighted by Crippen LogP contribution is 2.33. The van der Waals surface area contributed by atoms with Gasteiger partial charge in [-0.1, -0.05) is 12.1 Å². The van der Waals surface area contributed by atoms with Crippen molar-refractivity contribution in [3.8, 4) is 5.75 Å². The lowest BCUT2D eigenvalue weighted by Gasteiger charge is -2.07. The minimum Gasteiger partial charge on any atom is -0.507 e. The van der Waals surface area contributed by atoms with Crippen LogP contribution in [-0.2, 0) is 10.1 Å². The van der Waals surface area contributed by atoms with Crippen LogP contribution in [0.3, 0.4) is 0 Å². The van der Waals surface area contributed by atoms with Crippen molar-refractivity contribution in [2.45, 2.75) is 4.90 Å². The van der Waals surface area contributed by atoms with Crippen molar-refractivity contribution in [1.82, 2.24) is 0 Å². The molecule has 0 fully saturated rings. The summed E-state index contributed by atoms with van der Waals surface area (Å²) in [6.07, 6.45) is 0. The van der Waals surface area contributed by atoms with Crippen LogP contribution in [0.4, 0.5) is 5.69 Å². The summed E-state index contributed by atoms with van der Waals surface area (Å²) >= 11 is 0. The third-order valence-corrected chi connectivity index (χ3v) is 3.20. The van der Waals surface area contributed by atoms with Crippen LogP contribution in [-0.4, -0.2) is 18.1 Å². The minimum atomic E-state index is -4.33. The van der Waals surface area contributed by atoms with Crippen LogP contribution in [0.5, 0.6) is 5.75 Å². The van der Waals surface area contributed by atoms with Gasteiger partial charge in [0.15, 0.2) is 0 Å². The summed E-state index contributed by atoms with van der Waals surface area (Å²) in [5, 5.41) is 10.0. The molecule has 0 aliphatic carbocycles. The molecule has 0 aromatic heterocycles. The Bertz CT molecular complexity index is 656. The van der Waals surface area contributed by atoms with Gasteiger partial charge in [0.1, 0.15) is 10.6 Å². The Morgan fingerprint density at radius 1 is 1.12 bits per heavy atom. The Labute approximate surface area is 91.9 Å². The highest BCUT2D eigenvalue weighted by atomic mass is 32.2. The van der Waals surface area contributed by atoms with Gasteiger partial charge in [0.25, 0.3) is 10.1 Å². The fourth-order valence-corrected chi connectivity index (χ4v) is 2.30. The fraction of sp³-hybridized carbons (Fsp3) is 0. The Hall–Kier alpha value is -1.79. The number of hydrogen-bond donors (Lipinski definition) is 3. The number of nitrogen functional groups attached to an aromatic ring is 1. The van der Waals surface area contributed by atoms with Gasteiger partial charge >= 0.3 is 0 Å². The van der Waals surface area contributed by atoms with Gasteiger partial charge in [0.2, 0.25) is 0 Å². The highest BCUT2D eigenvalue weighted by molar-refractivity contribution is 7.86. The monoisotopic (exact) mass is 239 g/mol. The van der Waals surface area contributed by atoms with E-state index in [9.17, 15) is 13.5 Å². The molecule has 0 amide bonds. The van der Waals surface area contributed by atoms with Gasteiger partial charge in [-0.25, -0.2) is 0 Å². The van der Waals surface area contributed by atoms with Crippen molar-refractivity contribution in [1.29, 1.82) is 0 Å². The van der Waals surface area contributed by atoms with Crippen LogP contribution in [0.1, 0.15) is 0 Å². The molecule has 0 saturated carbocycles. The van der Waals surface area contributed by atoms with E-state index in [1.807, 2.05) is 0 Å². The fourth-order valence-electron chi connectivity index (χ4n) is 1.61. The predicted octanol–water partition coefficient (Wildman–Crippen LogP) is 1.37. The molecule has 2 aromatic rings. The van der Waals surface area contributed by atoms with Crippen LogP contribution >= 0.6 is 0 Å². The maximum atomic E-state index is 11.1. The SMILES string of the molecule is Nc1ccc(S(=O)(=O)O)c2cccc(O)c12. The molecule has 5 nitrogen and oxygen atoms in total. The van der Waals surface area contributed by atoms with Crippen LogP contribution in [0, 0.1) is 0 Å². The third kappa shape index (κ3) is 1.58. The molecule has 0 heterocycles. The summed E-state index contributed by atoms with van der Waals surface area (Å²) in [6, 6.07) is 6.87. The summed E-state index contributed by atoms with van der Waals surface area (Å²) in [4.78, 5) is -0.271. The minimum absolute atomic E-state index is 0.125. The molecule has 4 N–H and O–H groups in total. The zero-order valence-corrected chi connectivity index (χ0v) is 8.90. The van der Waals surface area contributed by atoms with E-state index in [1.165, 1.54) is 30.3 Å². The summed E-state index contributed by atoms with van der Waals surface area (Å²) in [5.74, 6) is -0.125. The molecule has 16 heavy (non-hydrogen) atoms.